The van der Waals surface area contributed by atoms with Gasteiger partial charge in [-0.1, -0.05) is 13.8 Å². The summed E-state index contributed by atoms with van der Waals surface area (Å²) in [7, 11) is 0. The highest BCUT2D eigenvalue weighted by molar-refractivity contribution is 6.17. The van der Waals surface area contributed by atoms with Crippen LogP contribution in [-0.4, -0.2) is 43.1 Å². The van der Waals surface area contributed by atoms with E-state index in [1.165, 1.54) is 13.0 Å². The van der Waals surface area contributed by atoms with Crippen molar-refractivity contribution < 1.29 is 4.74 Å². The number of ether oxygens (including phenoxy) is 1. The van der Waals surface area contributed by atoms with Gasteiger partial charge in [0.1, 0.15) is 0 Å². The van der Waals surface area contributed by atoms with Crippen LogP contribution in [0.2, 0.25) is 0 Å². The summed E-state index contributed by atoms with van der Waals surface area (Å²) in [4.78, 5) is 2.53. The molecule has 1 fully saturated rings. The van der Waals surface area contributed by atoms with Gasteiger partial charge in [-0.25, -0.2) is 0 Å². The van der Waals surface area contributed by atoms with Gasteiger partial charge >= 0.3 is 0 Å². The van der Waals surface area contributed by atoms with Crippen LogP contribution in [0, 0.1) is 5.92 Å². The number of hydrogen-bond acceptors (Lipinski definition) is 2. The Morgan fingerprint density at radius 3 is 2.93 bits per heavy atom. The maximum atomic E-state index is 5.73. The molecule has 1 rings (SSSR count). The van der Waals surface area contributed by atoms with Gasteiger partial charge in [-0.15, -0.1) is 11.6 Å². The number of morpholine rings is 1. The van der Waals surface area contributed by atoms with Crippen molar-refractivity contribution >= 4 is 11.6 Å². The van der Waals surface area contributed by atoms with Gasteiger partial charge in [0.25, 0.3) is 0 Å². The van der Waals surface area contributed by atoms with Crippen LogP contribution in [0.5, 0.6) is 0 Å². The van der Waals surface area contributed by atoms with Crippen LogP contribution in [0.1, 0.15) is 33.1 Å². The lowest BCUT2D eigenvalue weighted by Crippen LogP contribution is -2.42. The second-order valence-corrected chi connectivity index (χ2v) is 4.95. The third-order valence-corrected chi connectivity index (χ3v) is 3.44. The van der Waals surface area contributed by atoms with Gasteiger partial charge in [-0.05, 0) is 31.7 Å². The minimum atomic E-state index is 0.460. The average Bonchev–Trinajstić information content (AvgIpc) is 2.27. The fraction of sp³-hybridized carbons (Fsp3) is 1.00. The zero-order valence-electron chi connectivity index (χ0n) is 10.0. The lowest BCUT2D eigenvalue weighted by molar-refractivity contribution is -0.0308. The first-order chi connectivity index (χ1) is 7.26. The molecule has 0 aromatic carbocycles. The number of alkyl halides is 1. The molecule has 2 nitrogen and oxygen atoms in total. The van der Waals surface area contributed by atoms with Crippen molar-refractivity contribution in [2.75, 3.05) is 32.1 Å². The average molecular weight is 234 g/mol. The lowest BCUT2D eigenvalue weighted by Gasteiger charge is -2.33. The zero-order valence-corrected chi connectivity index (χ0v) is 10.8. The number of rotatable bonds is 6. The molecule has 0 bridgehead atoms. The van der Waals surface area contributed by atoms with Gasteiger partial charge in [0, 0.05) is 19.0 Å². The molecule has 3 heteroatoms. The van der Waals surface area contributed by atoms with Crippen LogP contribution < -0.4 is 0 Å². The quantitative estimate of drug-likeness (QED) is 0.655. The Bertz CT molecular complexity index is 166. The van der Waals surface area contributed by atoms with Crippen LogP contribution >= 0.6 is 11.6 Å². The normalized spacial score (nSPS) is 25.4. The van der Waals surface area contributed by atoms with Crippen molar-refractivity contribution in [3.63, 3.8) is 0 Å². The smallest absolute Gasteiger partial charge is 0.0700 e. The molecular formula is C12H24ClNO. The first-order valence-corrected chi connectivity index (χ1v) is 6.69. The number of hydrogen-bond donors (Lipinski definition) is 0. The first kappa shape index (κ1) is 13.3. The van der Waals surface area contributed by atoms with Crippen molar-refractivity contribution in [3.05, 3.63) is 0 Å². The molecule has 0 N–H and O–H groups in total. The molecule has 1 aliphatic heterocycles. The minimum Gasteiger partial charge on any atom is -0.376 e. The molecule has 2 atom stereocenters. The topological polar surface area (TPSA) is 12.5 Å². The van der Waals surface area contributed by atoms with Crippen molar-refractivity contribution in [3.8, 4) is 0 Å². The third kappa shape index (κ3) is 5.19. The van der Waals surface area contributed by atoms with E-state index >= 15 is 0 Å². The van der Waals surface area contributed by atoms with E-state index in [1.807, 2.05) is 0 Å². The van der Waals surface area contributed by atoms with Crippen molar-refractivity contribution in [1.29, 1.82) is 0 Å². The summed E-state index contributed by atoms with van der Waals surface area (Å²) in [5.74, 6) is 1.55. The largest absolute Gasteiger partial charge is 0.376 e. The standard InChI is InChI=1S/C12H24ClNO/c1-3-12-10-14(8-9-15-12)7-5-11(2)4-6-13/h11-12H,3-10H2,1-2H3. The van der Waals surface area contributed by atoms with Crippen LogP contribution in [0.15, 0.2) is 0 Å². The second kappa shape index (κ2) is 7.48. The minimum absolute atomic E-state index is 0.460. The summed E-state index contributed by atoms with van der Waals surface area (Å²) < 4.78 is 5.65. The van der Waals surface area contributed by atoms with E-state index in [-0.39, 0.29) is 0 Å². The highest BCUT2D eigenvalue weighted by atomic mass is 35.5. The van der Waals surface area contributed by atoms with Gasteiger partial charge in [0.05, 0.1) is 12.7 Å². The summed E-state index contributed by atoms with van der Waals surface area (Å²) in [6.07, 6.45) is 4.00. The molecule has 0 aromatic heterocycles. The SMILES string of the molecule is CCC1CN(CCC(C)CCCl)CCO1. The van der Waals surface area contributed by atoms with Crippen LogP contribution in [-0.2, 0) is 4.74 Å². The zero-order chi connectivity index (χ0) is 11.1. The Balaban J connectivity index is 2.14. The highest BCUT2D eigenvalue weighted by Gasteiger charge is 2.18. The van der Waals surface area contributed by atoms with Crippen molar-refractivity contribution in [1.82, 2.24) is 4.90 Å². The summed E-state index contributed by atoms with van der Waals surface area (Å²) >= 11 is 5.73. The fourth-order valence-electron chi connectivity index (χ4n) is 1.96. The van der Waals surface area contributed by atoms with Crippen molar-refractivity contribution in [2.45, 2.75) is 39.2 Å². The molecule has 0 aliphatic carbocycles. The van der Waals surface area contributed by atoms with E-state index in [9.17, 15) is 0 Å². The van der Waals surface area contributed by atoms with Gasteiger partial charge in [-0.3, -0.25) is 4.90 Å². The second-order valence-electron chi connectivity index (χ2n) is 4.57. The van der Waals surface area contributed by atoms with E-state index in [0.29, 0.717) is 6.10 Å². The molecule has 1 heterocycles. The van der Waals surface area contributed by atoms with E-state index in [4.69, 9.17) is 16.3 Å². The maximum absolute atomic E-state index is 5.73. The molecular weight excluding hydrogens is 210 g/mol. The number of halogens is 1. The molecule has 0 spiro atoms. The van der Waals surface area contributed by atoms with E-state index < -0.39 is 0 Å². The summed E-state index contributed by atoms with van der Waals surface area (Å²) in [5.41, 5.74) is 0. The summed E-state index contributed by atoms with van der Waals surface area (Å²) in [6.45, 7) is 8.82. The Kier molecular flexibility index (Phi) is 6.62. The molecule has 90 valence electrons. The summed E-state index contributed by atoms with van der Waals surface area (Å²) in [6, 6.07) is 0. The van der Waals surface area contributed by atoms with Gasteiger partial charge < -0.3 is 4.74 Å². The molecule has 15 heavy (non-hydrogen) atoms. The van der Waals surface area contributed by atoms with E-state index in [1.54, 1.807) is 0 Å². The molecule has 0 saturated carbocycles. The Morgan fingerprint density at radius 2 is 2.27 bits per heavy atom. The Morgan fingerprint density at radius 1 is 1.47 bits per heavy atom. The lowest BCUT2D eigenvalue weighted by atomic mass is 10.0. The van der Waals surface area contributed by atoms with Crippen molar-refractivity contribution in [2.24, 2.45) is 5.92 Å². The van der Waals surface area contributed by atoms with Crippen LogP contribution in [0.4, 0.5) is 0 Å². The molecule has 0 radical (unpaired) electrons. The maximum Gasteiger partial charge on any atom is 0.0700 e. The van der Waals surface area contributed by atoms with Gasteiger partial charge in [0.2, 0.25) is 0 Å². The van der Waals surface area contributed by atoms with Gasteiger partial charge in [-0.2, -0.15) is 0 Å². The first-order valence-electron chi connectivity index (χ1n) is 6.16. The predicted molar refractivity (Wildman–Crippen MR) is 65.6 cm³/mol. The Hall–Kier alpha value is 0.210. The summed E-state index contributed by atoms with van der Waals surface area (Å²) in [5, 5.41) is 0. The third-order valence-electron chi connectivity index (χ3n) is 3.22. The predicted octanol–water partition coefficient (Wildman–Crippen LogP) is 2.75. The molecule has 1 aliphatic rings. The van der Waals surface area contributed by atoms with E-state index in [0.717, 1.165) is 44.3 Å². The molecule has 2 unspecified atom stereocenters. The molecule has 0 aromatic rings. The van der Waals surface area contributed by atoms with Crippen LogP contribution in [0.25, 0.3) is 0 Å². The monoisotopic (exact) mass is 233 g/mol. The van der Waals surface area contributed by atoms with Gasteiger partial charge in [0.15, 0.2) is 0 Å². The van der Waals surface area contributed by atoms with E-state index in [2.05, 4.69) is 18.7 Å². The molecule has 1 saturated heterocycles. The highest BCUT2D eigenvalue weighted by Crippen LogP contribution is 2.13. The Labute approximate surface area is 98.9 Å². The fourth-order valence-corrected chi connectivity index (χ4v) is 2.34. The molecule has 0 amide bonds. The van der Waals surface area contributed by atoms with Crippen LogP contribution in [0.3, 0.4) is 0 Å². The number of nitrogens with zero attached hydrogens (tertiary/aromatic N) is 1.